The first-order chi connectivity index (χ1) is 12.6. The molecule has 0 aliphatic carbocycles. The molecule has 0 bridgehead atoms. The fraction of sp³-hybridized carbons (Fsp3) is 0.0952. The van der Waals surface area contributed by atoms with Gasteiger partial charge in [0.25, 0.3) is 0 Å². The normalized spacial score (nSPS) is 11.0. The van der Waals surface area contributed by atoms with Crippen molar-refractivity contribution < 1.29 is 9.21 Å². The summed E-state index contributed by atoms with van der Waals surface area (Å²) < 4.78 is 5.87. The fourth-order valence-corrected chi connectivity index (χ4v) is 3.01. The molecule has 0 saturated heterocycles. The van der Waals surface area contributed by atoms with E-state index in [9.17, 15) is 4.79 Å². The molecule has 0 fully saturated rings. The van der Waals surface area contributed by atoms with Gasteiger partial charge in [-0.15, -0.1) is 0 Å². The zero-order chi connectivity index (χ0) is 18.1. The van der Waals surface area contributed by atoms with Crippen LogP contribution >= 0.6 is 11.6 Å². The maximum absolute atomic E-state index is 12.4. The quantitative estimate of drug-likeness (QED) is 0.463. The number of fused-ring (bicyclic) bond motifs is 1. The summed E-state index contributed by atoms with van der Waals surface area (Å²) in [5.74, 6) is 0.450. The third kappa shape index (κ3) is 3.24. The van der Waals surface area contributed by atoms with Crippen LogP contribution in [0.1, 0.15) is 21.5 Å². The third-order valence-electron chi connectivity index (χ3n) is 4.15. The minimum absolute atomic E-state index is 0.000405. The Kier molecular flexibility index (Phi) is 4.27. The molecule has 2 aromatic heterocycles. The number of carbonyl (C=O) groups excluding carboxylic acids is 1. The van der Waals surface area contributed by atoms with Gasteiger partial charge in [0.05, 0.1) is 10.6 Å². The first-order valence-electron chi connectivity index (χ1n) is 8.19. The monoisotopic (exact) mass is 362 g/mol. The van der Waals surface area contributed by atoms with Crippen molar-refractivity contribution in [3.63, 3.8) is 0 Å². The molecular weight excluding hydrogens is 348 g/mol. The van der Waals surface area contributed by atoms with Gasteiger partial charge < -0.3 is 4.42 Å². The van der Waals surface area contributed by atoms with Crippen LogP contribution in [0.25, 0.3) is 22.6 Å². The molecule has 0 saturated carbocycles. The number of rotatable bonds is 4. The summed E-state index contributed by atoms with van der Waals surface area (Å²) in [7, 11) is 0. The van der Waals surface area contributed by atoms with Crippen LogP contribution in [-0.2, 0) is 6.42 Å². The predicted molar refractivity (Wildman–Crippen MR) is 101 cm³/mol. The van der Waals surface area contributed by atoms with E-state index in [1.807, 2.05) is 37.3 Å². The first kappa shape index (κ1) is 16.5. The van der Waals surface area contributed by atoms with Crippen molar-refractivity contribution in [2.45, 2.75) is 13.3 Å². The van der Waals surface area contributed by atoms with E-state index in [2.05, 4.69) is 9.97 Å². The Balaban J connectivity index is 1.68. The molecule has 4 nitrogen and oxygen atoms in total. The van der Waals surface area contributed by atoms with E-state index in [0.717, 1.165) is 16.6 Å². The molecule has 4 rings (SSSR count). The van der Waals surface area contributed by atoms with Crippen molar-refractivity contribution in [2.24, 2.45) is 0 Å². The number of oxazole rings is 1. The molecule has 0 radical (unpaired) electrons. The van der Waals surface area contributed by atoms with Crippen LogP contribution in [0.15, 0.2) is 65.3 Å². The van der Waals surface area contributed by atoms with Crippen molar-refractivity contribution in [3.8, 4) is 11.5 Å². The van der Waals surface area contributed by atoms with Crippen molar-refractivity contribution in [2.75, 3.05) is 0 Å². The molecule has 0 aliphatic rings. The Morgan fingerprint density at radius 3 is 2.85 bits per heavy atom. The summed E-state index contributed by atoms with van der Waals surface area (Å²) in [6.07, 6.45) is 3.48. The Morgan fingerprint density at radius 1 is 1.15 bits per heavy atom. The van der Waals surface area contributed by atoms with Gasteiger partial charge >= 0.3 is 0 Å². The highest BCUT2D eigenvalue weighted by atomic mass is 35.5. The summed E-state index contributed by atoms with van der Waals surface area (Å²) in [5, 5.41) is 0.533. The molecule has 0 N–H and O–H groups in total. The maximum Gasteiger partial charge on any atom is 0.228 e. The van der Waals surface area contributed by atoms with E-state index in [1.54, 1.807) is 30.6 Å². The molecule has 0 amide bonds. The number of carbonyl (C=O) groups is 1. The van der Waals surface area contributed by atoms with E-state index in [1.165, 1.54) is 0 Å². The second-order valence-corrected chi connectivity index (χ2v) is 6.55. The number of aryl methyl sites for hydroxylation is 1. The smallest absolute Gasteiger partial charge is 0.228 e. The zero-order valence-corrected chi connectivity index (χ0v) is 14.8. The molecule has 2 aromatic carbocycles. The van der Waals surface area contributed by atoms with Gasteiger partial charge in [0.2, 0.25) is 5.89 Å². The van der Waals surface area contributed by atoms with E-state index in [0.29, 0.717) is 27.6 Å². The Labute approximate surface area is 155 Å². The summed E-state index contributed by atoms with van der Waals surface area (Å²) in [6.45, 7) is 2.00. The number of pyridine rings is 1. The van der Waals surface area contributed by atoms with Crippen molar-refractivity contribution in [1.29, 1.82) is 0 Å². The number of halogens is 1. The lowest BCUT2D eigenvalue weighted by molar-refractivity contribution is 0.0992. The molecule has 0 atom stereocenters. The number of benzene rings is 2. The van der Waals surface area contributed by atoms with Crippen LogP contribution in [0, 0.1) is 6.92 Å². The van der Waals surface area contributed by atoms with E-state index in [4.69, 9.17) is 16.0 Å². The number of hydrogen-bond acceptors (Lipinski definition) is 4. The average molecular weight is 363 g/mol. The topological polar surface area (TPSA) is 56.0 Å². The average Bonchev–Trinajstić information content (AvgIpc) is 3.07. The number of hydrogen-bond donors (Lipinski definition) is 0. The van der Waals surface area contributed by atoms with Gasteiger partial charge in [-0.05, 0) is 54.4 Å². The van der Waals surface area contributed by atoms with Crippen LogP contribution in [0.5, 0.6) is 0 Å². The lowest BCUT2D eigenvalue weighted by Crippen LogP contribution is -2.04. The Hall–Kier alpha value is -2.98. The van der Waals surface area contributed by atoms with Gasteiger partial charge in [-0.2, -0.15) is 0 Å². The minimum atomic E-state index is -0.000405. The zero-order valence-electron chi connectivity index (χ0n) is 14.1. The molecule has 4 aromatic rings. The molecule has 0 unspecified atom stereocenters. The van der Waals surface area contributed by atoms with Gasteiger partial charge in [0.15, 0.2) is 11.4 Å². The molecule has 26 heavy (non-hydrogen) atoms. The molecule has 0 aliphatic heterocycles. The lowest BCUT2D eigenvalue weighted by atomic mass is 10.0. The highest BCUT2D eigenvalue weighted by Crippen LogP contribution is 2.31. The summed E-state index contributed by atoms with van der Waals surface area (Å²) >= 11 is 6.35. The van der Waals surface area contributed by atoms with Crippen molar-refractivity contribution >= 4 is 28.5 Å². The Morgan fingerprint density at radius 2 is 2.04 bits per heavy atom. The fourth-order valence-electron chi connectivity index (χ4n) is 2.81. The molecular formula is C21H15ClN2O2. The van der Waals surface area contributed by atoms with E-state index >= 15 is 0 Å². The highest BCUT2D eigenvalue weighted by Gasteiger charge is 2.14. The van der Waals surface area contributed by atoms with Crippen molar-refractivity contribution in [1.82, 2.24) is 9.97 Å². The van der Waals surface area contributed by atoms with E-state index in [-0.39, 0.29) is 12.2 Å². The van der Waals surface area contributed by atoms with Gasteiger partial charge in [0, 0.05) is 24.4 Å². The Bertz CT molecular complexity index is 1100. The number of ketones is 1. The van der Waals surface area contributed by atoms with E-state index < -0.39 is 0 Å². The maximum atomic E-state index is 12.4. The van der Waals surface area contributed by atoms with Crippen LogP contribution in [0.2, 0.25) is 5.02 Å². The van der Waals surface area contributed by atoms with Crippen LogP contribution in [0.3, 0.4) is 0 Å². The minimum Gasteiger partial charge on any atom is -0.436 e. The second kappa shape index (κ2) is 6.73. The molecule has 5 heteroatoms. The van der Waals surface area contributed by atoms with Crippen LogP contribution < -0.4 is 0 Å². The summed E-state index contributed by atoms with van der Waals surface area (Å²) in [4.78, 5) is 20.9. The molecule has 128 valence electrons. The van der Waals surface area contributed by atoms with Crippen LogP contribution in [0.4, 0.5) is 0 Å². The molecule has 2 heterocycles. The van der Waals surface area contributed by atoms with Gasteiger partial charge in [-0.25, -0.2) is 4.98 Å². The summed E-state index contributed by atoms with van der Waals surface area (Å²) in [5.41, 5.74) is 4.70. The summed E-state index contributed by atoms with van der Waals surface area (Å²) in [6, 6.07) is 14.8. The van der Waals surface area contributed by atoms with Gasteiger partial charge in [-0.1, -0.05) is 23.7 Å². The third-order valence-corrected chi connectivity index (χ3v) is 4.48. The van der Waals surface area contributed by atoms with Crippen molar-refractivity contribution in [3.05, 3.63) is 82.6 Å². The van der Waals surface area contributed by atoms with Gasteiger partial charge in [0.1, 0.15) is 5.52 Å². The number of aromatic nitrogens is 2. The number of Topliss-reactive ketones (excluding diaryl/α,β-unsaturated/α-hetero) is 1. The molecule has 0 spiro atoms. The largest absolute Gasteiger partial charge is 0.436 e. The standard InChI is InChI=1S/C21H15ClN2O2/c1-13-4-7-18-20(9-13)26-21(24-18)16-10-14(5-6-17(16)22)11-19(25)15-3-2-8-23-12-15/h2-10,12H,11H2,1H3. The van der Waals surface area contributed by atoms with Crippen LogP contribution in [-0.4, -0.2) is 15.8 Å². The number of nitrogens with zero attached hydrogens (tertiary/aromatic N) is 2. The second-order valence-electron chi connectivity index (χ2n) is 6.15. The first-order valence-corrected chi connectivity index (χ1v) is 8.57. The highest BCUT2D eigenvalue weighted by molar-refractivity contribution is 6.33. The van der Waals surface area contributed by atoms with Gasteiger partial charge in [-0.3, -0.25) is 9.78 Å². The lowest BCUT2D eigenvalue weighted by Gasteiger charge is -2.05. The SMILES string of the molecule is Cc1ccc2nc(-c3cc(CC(=O)c4cccnc4)ccc3Cl)oc2c1. The predicted octanol–water partition coefficient (Wildman–Crippen LogP) is 5.28.